The Labute approximate surface area is 171 Å². The number of benzene rings is 2. The SMILES string of the molecule is Cc1ccc(N(C(=O)Nc2cccc(Cl)c2)C2=NCC(C)(CBr)S2)cc1. The van der Waals surface area contributed by atoms with Crippen LogP contribution < -0.4 is 10.2 Å². The Morgan fingerprint density at radius 1 is 1.35 bits per heavy atom. The van der Waals surface area contributed by atoms with Crippen LogP contribution in [0.2, 0.25) is 5.02 Å². The van der Waals surface area contributed by atoms with E-state index in [-0.39, 0.29) is 10.8 Å². The Kier molecular flexibility index (Phi) is 5.95. The van der Waals surface area contributed by atoms with Crippen LogP contribution in [0, 0.1) is 6.92 Å². The van der Waals surface area contributed by atoms with Crippen molar-refractivity contribution in [1.82, 2.24) is 0 Å². The average molecular weight is 453 g/mol. The van der Waals surface area contributed by atoms with E-state index in [2.05, 4.69) is 33.2 Å². The lowest BCUT2D eigenvalue weighted by Gasteiger charge is -2.25. The van der Waals surface area contributed by atoms with Crippen LogP contribution in [0.25, 0.3) is 0 Å². The number of hydrogen-bond donors (Lipinski definition) is 1. The van der Waals surface area contributed by atoms with Crippen molar-refractivity contribution in [2.24, 2.45) is 4.99 Å². The summed E-state index contributed by atoms with van der Waals surface area (Å²) in [6.45, 7) is 4.81. The third kappa shape index (κ3) is 4.42. The average Bonchev–Trinajstić information content (AvgIpc) is 2.99. The van der Waals surface area contributed by atoms with Crippen LogP contribution in [0.3, 0.4) is 0 Å². The fourth-order valence-electron chi connectivity index (χ4n) is 2.46. The normalized spacial score (nSPS) is 19.2. The lowest BCUT2D eigenvalue weighted by molar-refractivity contribution is 0.259. The zero-order valence-corrected chi connectivity index (χ0v) is 17.7. The number of halogens is 2. The molecule has 1 aliphatic heterocycles. The minimum Gasteiger partial charge on any atom is -0.307 e. The highest BCUT2D eigenvalue weighted by atomic mass is 79.9. The molecule has 0 aliphatic carbocycles. The predicted molar refractivity (Wildman–Crippen MR) is 116 cm³/mol. The highest BCUT2D eigenvalue weighted by Gasteiger charge is 2.36. The maximum atomic E-state index is 13.1. The molecule has 136 valence electrons. The van der Waals surface area contributed by atoms with Crippen molar-refractivity contribution in [3.05, 3.63) is 59.1 Å². The molecule has 0 bridgehead atoms. The molecule has 0 saturated heterocycles. The van der Waals surface area contributed by atoms with Crippen LogP contribution in [0.5, 0.6) is 0 Å². The second kappa shape index (κ2) is 8.03. The van der Waals surface area contributed by atoms with Gasteiger partial charge in [0.2, 0.25) is 0 Å². The molecule has 1 unspecified atom stereocenters. The molecular formula is C19H19BrClN3OS. The van der Waals surface area contributed by atoms with Crippen molar-refractivity contribution in [2.45, 2.75) is 18.6 Å². The Morgan fingerprint density at radius 2 is 2.08 bits per heavy atom. The number of amides is 2. The molecular weight excluding hydrogens is 434 g/mol. The molecule has 1 heterocycles. The summed E-state index contributed by atoms with van der Waals surface area (Å²) in [5.74, 6) is 0. The lowest BCUT2D eigenvalue weighted by atomic mass is 10.2. The van der Waals surface area contributed by atoms with Gasteiger partial charge < -0.3 is 5.32 Å². The molecule has 0 fully saturated rings. The van der Waals surface area contributed by atoms with Crippen LogP contribution in [0.4, 0.5) is 16.2 Å². The van der Waals surface area contributed by atoms with E-state index in [4.69, 9.17) is 11.6 Å². The van der Waals surface area contributed by atoms with Gasteiger partial charge in [-0.15, -0.1) is 0 Å². The molecule has 0 aromatic heterocycles. The third-order valence-electron chi connectivity index (χ3n) is 3.93. The number of urea groups is 1. The number of hydrogen-bond acceptors (Lipinski definition) is 3. The first-order valence-electron chi connectivity index (χ1n) is 8.13. The van der Waals surface area contributed by atoms with Crippen molar-refractivity contribution in [3.63, 3.8) is 0 Å². The number of nitrogens with one attached hydrogen (secondary N) is 1. The molecule has 3 rings (SSSR count). The number of alkyl halides is 1. The van der Waals surface area contributed by atoms with E-state index in [1.165, 1.54) is 0 Å². The first kappa shape index (κ1) is 19.3. The standard InChI is InChI=1S/C19H19BrClN3OS/c1-13-6-8-16(9-7-13)24(18-22-12-19(2,11-20)26-18)17(25)23-15-5-3-4-14(21)10-15/h3-10H,11-12H2,1-2H3,(H,23,25). The van der Waals surface area contributed by atoms with Gasteiger partial charge in [0.1, 0.15) is 0 Å². The number of carbonyl (C=O) groups excluding carboxylic acids is 1. The van der Waals surface area contributed by atoms with Crippen LogP contribution in [-0.4, -0.2) is 27.8 Å². The number of aryl methyl sites for hydroxylation is 1. The second-order valence-corrected chi connectivity index (χ2v) is 8.95. The number of anilines is 2. The van der Waals surface area contributed by atoms with E-state index in [0.29, 0.717) is 22.4 Å². The van der Waals surface area contributed by atoms with Crippen LogP contribution in [0.1, 0.15) is 12.5 Å². The number of nitrogens with zero attached hydrogens (tertiary/aromatic N) is 2. The van der Waals surface area contributed by atoms with Crippen molar-refractivity contribution in [3.8, 4) is 0 Å². The summed E-state index contributed by atoms with van der Waals surface area (Å²) in [4.78, 5) is 19.3. The fourth-order valence-corrected chi connectivity index (χ4v) is 4.20. The summed E-state index contributed by atoms with van der Waals surface area (Å²) in [7, 11) is 0. The van der Waals surface area contributed by atoms with Crippen LogP contribution >= 0.6 is 39.3 Å². The summed E-state index contributed by atoms with van der Waals surface area (Å²) in [5.41, 5.74) is 2.56. The number of carbonyl (C=O) groups is 1. The van der Waals surface area contributed by atoms with Crippen molar-refractivity contribution < 1.29 is 4.79 Å². The maximum absolute atomic E-state index is 13.1. The van der Waals surface area contributed by atoms with E-state index in [9.17, 15) is 4.79 Å². The lowest BCUT2D eigenvalue weighted by Crippen LogP contribution is -2.39. The van der Waals surface area contributed by atoms with Crippen molar-refractivity contribution in [1.29, 1.82) is 0 Å². The van der Waals surface area contributed by atoms with Gasteiger partial charge in [-0.2, -0.15) is 0 Å². The van der Waals surface area contributed by atoms with E-state index in [0.717, 1.165) is 16.6 Å². The van der Waals surface area contributed by atoms with Gasteiger partial charge in [0, 0.05) is 16.0 Å². The van der Waals surface area contributed by atoms with Gasteiger partial charge in [-0.1, -0.05) is 63.1 Å². The molecule has 26 heavy (non-hydrogen) atoms. The fraction of sp³-hybridized carbons (Fsp3) is 0.263. The zero-order chi connectivity index (χ0) is 18.7. The number of amidine groups is 1. The Bertz CT molecular complexity index is 843. The van der Waals surface area contributed by atoms with E-state index < -0.39 is 0 Å². The van der Waals surface area contributed by atoms with Gasteiger partial charge in [-0.25, -0.2) is 9.69 Å². The highest BCUT2D eigenvalue weighted by molar-refractivity contribution is 9.09. The summed E-state index contributed by atoms with van der Waals surface area (Å²) in [6, 6.07) is 14.7. The summed E-state index contributed by atoms with van der Waals surface area (Å²) < 4.78 is -0.0609. The molecule has 1 N–H and O–H groups in total. The topological polar surface area (TPSA) is 44.7 Å². The van der Waals surface area contributed by atoms with Gasteiger partial charge in [0.05, 0.1) is 17.0 Å². The monoisotopic (exact) mass is 451 g/mol. The van der Waals surface area contributed by atoms with Gasteiger partial charge in [-0.3, -0.25) is 4.99 Å². The summed E-state index contributed by atoms with van der Waals surface area (Å²) in [5, 5.41) is 4.98. The zero-order valence-electron chi connectivity index (χ0n) is 14.5. The summed E-state index contributed by atoms with van der Waals surface area (Å²) in [6.07, 6.45) is 0. The van der Waals surface area contributed by atoms with Gasteiger partial charge in [0.15, 0.2) is 5.17 Å². The van der Waals surface area contributed by atoms with Crippen LogP contribution in [-0.2, 0) is 0 Å². The molecule has 7 heteroatoms. The smallest absolute Gasteiger partial charge is 0.307 e. The molecule has 2 aromatic rings. The van der Waals surface area contributed by atoms with Gasteiger partial charge in [0.25, 0.3) is 0 Å². The number of thioether (sulfide) groups is 1. The Balaban J connectivity index is 1.90. The van der Waals surface area contributed by atoms with E-state index in [1.54, 1.807) is 34.9 Å². The molecule has 2 aromatic carbocycles. The molecule has 0 saturated carbocycles. The third-order valence-corrected chi connectivity index (χ3v) is 7.04. The molecule has 2 amide bonds. The van der Waals surface area contributed by atoms with Crippen molar-refractivity contribution in [2.75, 3.05) is 22.1 Å². The maximum Gasteiger partial charge on any atom is 0.332 e. The highest BCUT2D eigenvalue weighted by Crippen LogP contribution is 2.37. The molecule has 0 radical (unpaired) electrons. The first-order chi connectivity index (χ1) is 12.4. The molecule has 0 spiro atoms. The van der Waals surface area contributed by atoms with E-state index >= 15 is 0 Å². The number of aliphatic imine (C=N–C) groups is 1. The Hall–Kier alpha value is -1.50. The summed E-state index contributed by atoms with van der Waals surface area (Å²) >= 11 is 11.2. The molecule has 1 atom stereocenters. The van der Waals surface area contributed by atoms with Gasteiger partial charge >= 0.3 is 6.03 Å². The molecule has 4 nitrogen and oxygen atoms in total. The predicted octanol–water partition coefficient (Wildman–Crippen LogP) is 5.94. The molecule has 1 aliphatic rings. The minimum atomic E-state index is -0.263. The first-order valence-corrected chi connectivity index (χ1v) is 10.4. The quantitative estimate of drug-likeness (QED) is 0.585. The van der Waals surface area contributed by atoms with E-state index in [1.807, 2.05) is 37.3 Å². The van der Waals surface area contributed by atoms with Crippen molar-refractivity contribution >= 4 is 61.9 Å². The minimum absolute atomic E-state index is 0.0609. The second-order valence-electron chi connectivity index (χ2n) is 6.40. The van der Waals surface area contributed by atoms with Gasteiger partial charge in [-0.05, 0) is 44.2 Å². The number of rotatable bonds is 3. The largest absolute Gasteiger partial charge is 0.332 e. The Morgan fingerprint density at radius 3 is 2.69 bits per heavy atom. The van der Waals surface area contributed by atoms with Crippen LogP contribution in [0.15, 0.2) is 53.5 Å².